The van der Waals surface area contributed by atoms with Crippen molar-refractivity contribution in [2.24, 2.45) is 0 Å². The molecule has 0 aliphatic rings. The quantitative estimate of drug-likeness (QED) is 0.624. The van der Waals surface area contributed by atoms with Gasteiger partial charge in [-0.3, -0.25) is 0 Å². The Bertz CT molecular complexity index is 963. The first-order valence-corrected chi connectivity index (χ1v) is 7.76. The van der Waals surface area contributed by atoms with Gasteiger partial charge in [0.15, 0.2) is 0 Å². The molecular weight excluding hydrogens is 303 g/mol. The molecule has 1 aromatic heterocycles. The van der Waals surface area contributed by atoms with Gasteiger partial charge in [-0.25, -0.2) is 0 Å². The molecule has 0 amide bonds. The van der Waals surface area contributed by atoms with Gasteiger partial charge in [-0.15, -0.1) is 0 Å². The smallest absolute Gasteiger partial charge is 0.122 e. The summed E-state index contributed by atoms with van der Waals surface area (Å²) in [6.07, 6.45) is 3.10. The molecule has 0 radical (unpaired) electrons. The van der Waals surface area contributed by atoms with Crippen LogP contribution < -0.4 is 4.74 Å². The van der Waals surface area contributed by atoms with E-state index in [1.54, 1.807) is 18.2 Å². The molecule has 0 saturated carbocycles. The maximum atomic E-state index is 14.0. The van der Waals surface area contributed by atoms with Crippen molar-refractivity contribution in [3.63, 3.8) is 0 Å². The molecule has 0 atom stereocenters. The third-order valence-corrected chi connectivity index (χ3v) is 3.90. The predicted octanol–water partition coefficient (Wildman–Crippen LogP) is 5.15. The highest BCUT2D eigenvalue weighted by atomic mass is 19.2. The van der Waals surface area contributed by atoms with E-state index in [2.05, 4.69) is 6.07 Å². The topological polar surface area (TPSA) is 37.9 Å². The number of nitrogens with zero attached hydrogens (tertiary/aromatic N) is 2. The summed E-state index contributed by atoms with van der Waals surface area (Å²) in [7, 11) is 0. The van der Waals surface area contributed by atoms with Crippen molar-refractivity contribution in [1.29, 1.82) is 5.26 Å². The number of hydrogen-bond donors (Lipinski definition) is 0. The van der Waals surface area contributed by atoms with Gasteiger partial charge in [-0.1, -0.05) is 34.8 Å². The number of nitriles is 1. The Morgan fingerprint density at radius 2 is 2.08 bits per heavy atom. The Morgan fingerprint density at radius 1 is 1.29 bits per heavy atom. The minimum atomic E-state index is 0.411. The largest absolute Gasteiger partial charge is 0.494 e. The van der Waals surface area contributed by atoms with Crippen molar-refractivity contribution in [2.75, 3.05) is 6.61 Å². The number of ether oxygens (including phenoxy) is 1. The van der Waals surface area contributed by atoms with Crippen molar-refractivity contribution in [3.8, 4) is 11.8 Å². The van der Waals surface area contributed by atoms with Gasteiger partial charge in [0.1, 0.15) is 5.75 Å². The fourth-order valence-electron chi connectivity index (χ4n) is 2.71. The van der Waals surface area contributed by atoms with Crippen molar-refractivity contribution < 1.29 is 9.22 Å². The summed E-state index contributed by atoms with van der Waals surface area (Å²) in [5.41, 5.74) is 3.32. The second-order valence-electron chi connectivity index (χ2n) is 5.50. The molecule has 0 unspecified atom stereocenters. The average Bonchev–Trinajstić information content (AvgIpc) is 2.93. The Kier molecular flexibility index (Phi) is 4.35. The molecule has 0 aliphatic carbocycles. The van der Waals surface area contributed by atoms with E-state index in [1.807, 2.05) is 44.2 Å². The van der Waals surface area contributed by atoms with E-state index in [0.29, 0.717) is 33.4 Å². The van der Waals surface area contributed by atoms with Crippen molar-refractivity contribution in [2.45, 2.75) is 13.8 Å². The number of allylic oxidation sites excluding steroid dienone is 1. The van der Waals surface area contributed by atoms with E-state index in [-0.39, 0.29) is 0 Å². The van der Waals surface area contributed by atoms with Gasteiger partial charge in [0, 0.05) is 17.1 Å². The van der Waals surface area contributed by atoms with Crippen LogP contribution in [0.15, 0.2) is 48.7 Å². The lowest BCUT2D eigenvalue weighted by Gasteiger charge is -2.08. The van der Waals surface area contributed by atoms with Crippen LogP contribution in [0.25, 0.3) is 22.6 Å². The predicted molar refractivity (Wildman–Crippen MR) is 94.3 cm³/mol. The number of hydrogen-bond acceptors (Lipinski definition) is 2. The lowest BCUT2D eigenvalue weighted by molar-refractivity contribution is 0.338. The third-order valence-electron chi connectivity index (χ3n) is 3.90. The summed E-state index contributed by atoms with van der Waals surface area (Å²) in [5.74, 6) is 0.788. The molecule has 24 heavy (non-hydrogen) atoms. The Hall–Kier alpha value is -3.06. The summed E-state index contributed by atoms with van der Waals surface area (Å²) in [4.78, 5) is 0.552. The molecule has 0 bridgehead atoms. The van der Waals surface area contributed by atoms with Crippen molar-refractivity contribution in [1.82, 2.24) is 4.79 Å². The highest BCUT2D eigenvalue weighted by Gasteiger charge is 2.12. The number of benzene rings is 2. The lowest BCUT2D eigenvalue weighted by atomic mass is 10.0. The molecule has 3 aromatic rings. The SMILES string of the molecule is CCOc1cc(/C=C(\C#N)c2cn(F)c3ccccc23)ccc1C. The summed E-state index contributed by atoms with van der Waals surface area (Å²) in [5, 5.41) is 10.3. The molecular formula is C20H17FN2O. The maximum Gasteiger partial charge on any atom is 0.122 e. The average molecular weight is 320 g/mol. The van der Waals surface area contributed by atoms with Gasteiger partial charge in [-0.05, 0) is 43.2 Å². The van der Waals surface area contributed by atoms with Crippen LogP contribution in [0, 0.1) is 18.3 Å². The Morgan fingerprint density at radius 3 is 2.83 bits per heavy atom. The molecule has 0 fully saturated rings. The molecule has 0 aliphatic heterocycles. The van der Waals surface area contributed by atoms with Crippen LogP contribution >= 0.6 is 0 Å². The van der Waals surface area contributed by atoms with Gasteiger partial charge in [0.25, 0.3) is 0 Å². The number of aryl methyl sites for hydroxylation is 1. The molecule has 3 nitrogen and oxygen atoms in total. The first kappa shape index (κ1) is 15.8. The van der Waals surface area contributed by atoms with Gasteiger partial charge >= 0.3 is 0 Å². The molecule has 4 heteroatoms. The Labute approximate surface area is 140 Å². The van der Waals surface area contributed by atoms with Crippen LogP contribution in [0.1, 0.15) is 23.6 Å². The fourth-order valence-corrected chi connectivity index (χ4v) is 2.71. The van der Waals surface area contributed by atoms with E-state index in [1.165, 1.54) is 6.20 Å². The van der Waals surface area contributed by atoms with Crippen molar-refractivity contribution >= 4 is 22.6 Å². The number of para-hydroxylation sites is 1. The molecule has 3 rings (SSSR count). The molecule has 0 saturated heterocycles. The third kappa shape index (κ3) is 2.89. The van der Waals surface area contributed by atoms with Crippen LogP contribution in [0.3, 0.4) is 0 Å². The molecule has 1 heterocycles. The van der Waals surface area contributed by atoms with Gasteiger partial charge < -0.3 is 4.74 Å². The zero-order chi connectivity index (χ0) is 17.1. The minimum Gasteiger partial charge on any atom is -0.494 e. The standard InChI is InChI=1S/C20H17FN2O/c1-3-24-20-11-15(9-8-14(20)2)10-16(12-22)18-13-23(21)19-7-5-4-6-17(18)19/h4-11,13H,3H2,1-2H3/b16-10+. The molecule has 120 valence electrons. The number of halogens is 1. The molecule has 2 aromatic carbocycles. The van der Waals surface area contributed by atoms with E-state index < -0.39 is 0 Å². The molecule has 0 N–H and O–H groups in total. The van der Waals surface area contributed by atoms with Crippen molar-refractivity contribution in [3.05, 3.63) is 65.4 Å². The highest BCUT2D eigenvalue weighted by Crippen LogP contribution is 2.29. The monoisotopic (exact) mass is 320 g/mol. The van der Waals surface area contributed by atoms with E-state index in [9.17, 15) is 9.74 Å². The fraction of sp³-hybridized carbons (Fsp3) is 0.150. The van der Waals surface area contributed by atoms with E-state index >= 15 is 0 Å². The summed E-state index contributed by atoms with van der Waals surface area (Å²) in [6, 6.07) is 15.0. The number of fused-ring (bicyclic) bond motifs is 1. The maximum absolute atomic E-state index is 14.0. The van der Waals surface area contributed by atoms with Crippen LogP contribution in [-0.4, -0.2) is 11.4 Å². The minimum absolute atomic E-state index is 0.411. The van der Waals surface area contributed by atoms with Crippen LogP contribution in [-0.2, 0) is 0 Å². The normalized spacial score (nSPS) is 11.5. The summed E-state index contributed by atoms with van der Waals surface area (Å²) in [6.45, 7) is 4.48. The lowest BCUT2D eigenvalue weighted by Crippen LogP contribution is -1.94. The first-order valence-electron chi connectivity index (χ1n) is 7.76. The number of rotatable bonds is 4. The van der Waals surface area contributed by atoms with Crippen LogP contribution in [0.5, 0.6) is 5.75 Å². The second-order valence-corrected chi connectivity index (χ2v) is 5.50. The zero-order valence-corrected chi connectivity index (χ0v) is 13.6. The summed E-state index contributed by atoms with van der Waals surface area (Å²) < 4.78 is 19.6. The number of aromatic nitrogens is 1. The Balaban J connectivity index is 2.10. The van der Waals surface area contributed by atoms with Gasteiger partial charge in [0.05, 0.1) is 23.8 Å². The van der Waals surface area contributed by atoms with Gasteiger partial charge in [0.2, 0.25) is 0 Å². The van der Waals surface area contributed by atoms with Gasteiger partial charge in [-0.2, -0.15) is 10.1 Å². The van der Waals surface area contributed by atoms with E-state index in [0.717, 1.165) is 16.9 Å². The summed E-state index contributed by atoms with van der Waals surface area (Å²) >= 11 is 0. The molecule has 0 spiro atoms. The second kappa shape index (κ2) is 6.59. The highest BCUT2D eigenvalue weighted by molar-refractivity contribution is 6.01. The van der Waals surface area contributed by atoms with Crippen LogP contribution in [0.4, 0.5) is 4.48 Å². The van der Waals surface area contributed by atoms with E-state index in [4.69, 9.17) is 4.74 Å². The van der Waals surface area contributed by atoms with Crippen LogP contribution in [0.2, 0.25) is 0 Å². The zero-order valence-electron chi connectivity index (χ0n) is 13.6. The first-order chi connectivity index (χ1) is 11.6.